The van der Waals surface area contributed by atoms with E-state index in [0.717, 1.165) is 5.56 Å². The Morgan fingerprint density at radius 3 is 2.61 bits per heavy atom. The Bertz CT molecular complexity index is 1310. The van der Waals surface area contributed by atoms with Crippen molar-refractivity contribution in [3.8, 4) is 28.6 Å². The van der Waals surface area contributed by atoms with E-state index >= 15 is 0 Å². The van der Waals surface area contributed by atoms with E-state index in [4.69, 9.17) is 15.2 Å². The van der Waals surface area contributed by atoms with E-state index in [-0.39, 0.29) is 17.3 Å². The summed E-state index contributed by atoms with van der Waals surface area (Å²) in [4.78, 5) is 12.9. The van der Waals surface area contributed by atoms with Crippen LogP contribution in [0.5, 0.6) is 11.5 Å². The van der Waals surface area contributed by atoms with Crippen LogP contribution in [0.4, 0.5) is 5.82 Å². The van der Waals surface area contributed by atoms with Crippen molar-refractivity contribution in [2.24, 2.45) is 5.10 Å². The zero-order valence-corrected chi connectivity index (χ0v) is 18.0. The Morgan fingerprint density at radius 2 is 1.94 bits per heavy atom. The molecule has 0 saturated carbocycles. The monoisotopic (exact) mass is 448 g/mol. The maximum absolute atomic E-state index is 12.9. The highest BCUT2D eigenvalue weighted by molar-refractivity contribution is 5.99. The number of anilines is 1. The van der Waals surface area contributed by atoms with Crippen LogP contribution in [0.1, 0.15) is 21.6 Å². The van der Waals surface area contributed by atoms with Crippen molar-refractivity contribution in [2.75, 3.05) is 20.0 Å². The number of aryl methyl sites for hydroxylation is 1. The molecule has 168 valence electrons. The van der Waals surface area contributed by atoms with Gasteiger partial charge in [0.05, 0.1) is 20.4 Å². The molecule has 12 nitrogen and oxygen atoms in total. The van der Waals surface area contributed by atoms with Gasteiger partial charge in [0.1, 0.15) is 17.2 Å². The number of ether oxygens (including phenoxy) is 2. The molecule has 0 bridgehead atoms. The molecule has 12 heteroatoms. The molecule has 0 radical (unpaired) electrons. The number of methoxy groups -OCH3 is 2. The zero-order chi connectivity index (χ0) is 23.4. The Labute approximate surface area is 188 Å². The highest BCUT2D eigenvalue weighted by Gasteiger charge is 2.25. The van der Waals surface area contributed by atoms with E-state index in [9.17, 15) is 4.79 Å². The minimum absolute atomic E-state index is 0.00448. The van der Waals surface area contributed by atoms with Crippen molar-refractivity contribution in [2.45, 2.75) is 6.92 Å². The number of nitrogens with one attached hydrogen (secondary N) is 1. The van der Waals surface area contributed by atoms with Gasteiger partial charge in [-0.05, 0) is 29.4 Å². The molecule has 0 aliphatic heterocycles. The van der Waals surface area contributed by atoms with E-state index in [0.29, 0.717) is 28.3 Å². The number of nitrogens with zero attached hydrogens (tertiary/aromatic N) is 6. The first-order valence-electron chi connectivity index (χ1n) is 9.68. The number of carbonyl (C=O) groups is 1. The molecular formula is C21H20N8O4. The van der Waals surface area contributed by atoms with Gasteiger partial charge in [-0.1, -0.05) is 35.0 Å². The second kappa shape index (κ2) is 9.18. The lowest BCUT2D eigenvalue weighted by atomic mass is 10.1. The third-order valence-electron chi connectivity index (χ3n) is 4.72. The van der Waals surface area contributed by atoms with Crippen LogP contribution in [0.2, 0.25) is 0 Å². The molecule has 3 N–H and O–H groups in total. The van der Waals surface area contributed by atoms with Gasteiger partial charge >= 0.3 is 0 Å². The molecule has 4 rings (SSSR count). The Kier molecular flexibility index (Phi) is 5.98. The lowest BCUT2D eigenvalue weighted by molar-refractivity contribution is 0.0950. The zero-order valence-electron chi connectivity index (χ0n) is 18.0. The fourth-order valence-corrected chi connectivity index (χ4v) is 3.03. The largest absolute Gasteiger partial charge is 0.497 e. The fourth-order valence-electron chi connectivity index (χ4n) is 3.03. The highest BCUT2D eigenvalue weighted by atomic mass is 16.6. The van der Waals surface area contributed by atoms with Crippen LogP contribution in [0.15, 0.2) is 52.2 Å². The number of amides is 1. The molecule has 2 aromatic heterocycles. The molecule has 0 fully saturated rings. The van der Waals surface area contributed by atoms with E-state index < -0.39 is 5.91 Å². The van der Waals surface area contributed by atoms with Crippen molar-refractivity contribution >= 4 is 17.9 Å². The van der Waals surface area contributed by atoms with Crippen molar-refractivity contribution in [1.29, 1.82) is 0 Å². The summed E-state index contributed by atoms with van der Waals surface area (Å²) in [5.41, 5.74) is 11.0. The number of hydrazone groups is 1. The molecule has 1 amide bonds. The Morgan fingerprint density at radius 1 is 1.15 bits per heavy atom. The van der Waals surface area contributed by atoms with Crippen molar-refractivity contribution in [3.63, 3.8) is 0 Å². The molecule has 4 aromatic rings. The summed E-state index contributed by atoms with van der Waals surface area (Å²) in [6, 6.07) is 12.7. The summed E-state index contributed by atoms with van der Waals surface area (Å²) >= 11 is 0. The summed E-state index contributed by atoms with van der Waals surface area (Å²) in [7, 11) is 3.09. The molecular weight excluding hydrogens is 428 g/mol. The van der Waals surface area contributed by atoms with Crippen LogP contribution in [0.25, 0.3) is 17.1 Å². The van der Waals surface area contributed by atoms with Crippen LogP contribution in [-0.2, 0) is 0 Å². The number of nitrogen functional groups attached to an aromatic ring is 1. The number of carbonyl (C=O) groups excluding carboxylic acids is 1. The minimum atomic E-state index is -0.587. The van der Waals surface area contributed by atoms with Crippen molar-refractivity contribution in [3.05, 3.63) is 59.3 Å². The van der Waals surface area contributed by atoms with Crippen molar-refractivity contribution in [1.82, 2.24) is 30.7 Å². The van der Waals surface area contributed by atoms with Gasteiger partial charge in [-0.2, -0.15) is 9.78 Å². The van der Waals surface area contributed by atoms with Gasteiger partial charge in [-0.15, -0.1) is 5.10 Å². The normalized spacial score (nSPS) is 11.0. The molecule has 0 saturated heterocycles. The fraction of sp³-hybridized carbons (Fsp3) is 0.143. The second-order valence-electron chi connectivity index (χ2n) is 6.84. The molecule has 33 heavy (non-hydrogen) atoms. The predicted octanol–water partition coefficient (Wildman–Crippen LogP) is 1.99. The first-order valence-corrected chi connectivity index (χ1v) is 9.68. The lowest BCUT2D eigenvalue weighted by Gasteiger charge is -2.07. The molecule has 0 atom stereocenters. The number of hydrogen-bond donors (Lipinski definition) is 2. The van der Waals surface area contributed by atoms with Crippen LogP contribution in [0, 0.1) is 6.92 Å². The summed E-state index contributed by atoms with van der Waals surface area (Å²) in [6.07, 6.45) is 1.45. The maximum atomic E-state index is 12.9. The molecule has 0 unspecified atom stereocenters. The Balaban J connectivity index is 1.66. The SMILES string of the molecule is COc1ccc(C=NNC(=O)c2nnn(-c3nonc3N)c2-c2ccc(C)cc2)c(OC)c1. The molecule has 2 aromatic carbocycles. The third kappa shape index (κ3) is 4.35. The first kappa shape index (κ1) is 21.5. The van der Waals surface area contributed by atoms with Crippen LogP contribution < -0.4 is 20.6 Å². The lowest BCUT2D eigenvalue weighted by Crippen LogP contribution is -2.19. The van der Waals surface area contributed by atoms with Gasteiger partial charge in [0.2, 0.25) is 11.6 Å². The van der Waals surface area contributed by atoms with Gasteiger partial charge in [0.15, 0.2) is 5.69 Å². The first-order chi connectivity index (χ1) is 16.0. The average Bonchev–Trinajstić information content (AvgIpc) is 3.45. The number of rotatable bonds is 7. The molecule has 2 heterocycles. The molecule has 0 spiro atoms. The minimum Gasteiger partial charge on any atom is -0.497 e. The van der Waals surface area contributed by atoms with E-state index in [1.807, 2.05) is 31.2 Å². The number of hydrogen-bond acceptors (Lipinski definition) is 10. The topological polar surface area (TPSA) is 156 Å². The van der Waals surface area contributed by atoms with Gasteiger partial charge in [0.25, 0.3) is 5.91 Å². The average molecular weight is 448 g/mol. The van der Waals surface area contributed by atoms with E-state index in [1.54, 1.807) is 25.3 Å². The summed E-state index contributed by atoms with van der Waals surface area (Å²) < 4.78 is 16.5. The summed E-state index contributed by atoms with van der Waals surface area (Å²) in [5.74, 6) is 0.700. The molecule has 0 aliphatic rings. The Hall–Kier alpha value is -4.74. The highest BCUT2D eigenvalue weighted by Crippen LogP contribution is 2.27. The summed E-state index contributed by atoms with van der Waals surface area (Å²) in [5, 5.41) is 19.4. The van der Waals surface area contributed by atoms with E-state index in [1.165, 1.54) is 18.0 Å². The quantitative estimate of drug-likeness (QED) is 0.319. The van der Waals surface area contributed by atoms with Crippen LogP contribution in [0.3, 0.4) is 0 Å². The van der Waals surface area contributed by atoms with Gasteiger partial charge < -0.3 is 15.2 Å². The smallest absolute Gasteiger partial charge is 0.294 e. The number of aromatic nitrogens is 5. The van der Waals surface area contributed by atoms with Gasteiger partial charge in [0, 0.05) is 17.2 Å². The molecule has 0 aliphatic carbocycles. The van der Waals surface area contributed by atoms with Crippen molar-refractivity contribution < 1.29 is 18.9 Å². The number of nitrogens with two attached hydrogens (primary N) is 1. The van der Waals surface area contributed by atoms with Crippen LogP contribution in [-0.4, -0.2) is 51.6 Å². The predicted molar refractivity (Wildman–Crippen MR) is 118 cm³/mol. The van der Waals surface area contributed by atoms with Crippen LogP contribution >= 0.6 is 0 Å². The third-order valence-corrected chi connectivity index (χ3v) is 4.72. The maximum Gasteiger partial charge on any atom is 0.294 e. The standard InChI is InChI=1S/C21H20N8O4/c1-12-4-6-13(7-5-12)18-17(24-28-29(18)20-19(22)26-33-27-20)21(30)25-23-11-14-8-9-15(31-2)10-16(14)32-3/h4-11H,1-3H3,(H2,22,26)(H,25,30). The summed E-state index contributed by atoms with van der Waals surface area (Å²) in [6.45, 7) is 1.95. The van der Waals surface area contributed by atoms with E-state index in [2.05, 4.69) is 35.8 Å². The van der Waals surface area contributed by atoms with Gasteiger partial charge in [-0.3, -0.25) is 4.79 Å². The number of benzene rings is 2. The van der Waals surface area contributed by atoms with Gasteiger partial charge in [-0.25, -0.2) is 10.1 Å². The second-order valence-corrected chi connectivity index (χ2v) is 6.84.